The Morgan fingerprint density at radius 3 is 2.80 bits per heavy atom. The van der Waals surface area contributed by atoms with E-state index in [1.54, 1.807) is 24.1 Å². The molecule has 1 aliphatic rings. The first-order chi connectivity index (χ1) is 9.52. The van der Waals surface area contributed by atoms with Crippen molar-refractivity contribution in [2.45, 2.75) is 25.9 Å². The van der Waals surface area contributed by atoms with Crippen LogP contribution in [0.3, 0.4) is 0 Å². The number of halogens is 1. The summed E-state index contributed by atoms with van der Waals surface area (Å²) >= 11 is 0. The van der Waals surface area contributed by atoms with Crippen LogP contribution in [0.25, 0.3) is 0 Å². The SMILES string of the molecule is CCNc1c(F)cccc1C(=O)N(C)CC1CC(O)C1. The topological polar surface area (TPSA) is 52.6 Å². The van der Waals surface area contributed by atoms with Gasteiger partial charge in [0.1, 0.15) is 5.82 Å². The summed E-state index contributed by atoms with van der Waals surface area (Å²) < 4.78 is 13.8. The van der Waals surface area contributed by atoms with E-state index in [9.17, 15) is 14.3 Å². The molecule has 0 aliphatic heterocycles. The third kappa shape index (κ3) is 3.10. The summed E-state index contributed by atoms with van der Waals surface area (Å²) in [5.74, 6) is -0.262. The van der Waals surface area contributed by atoms with Crippen LogP contribution in [0, 0.1) is 11.7 Å². The van der Waals surface area contributed by atoms with Crippen LogP contribution >= 0.6 is 0 Å². The van der Waals surface area contributed by atoms with Crippen LogP contribution < -0.4 is 5.32 Å². The number of aliphatic hydroxyl groups excluding tert-OH is 1. The van der Waals surface area contributed by atoms with Gasteiger partial charge in [0.25, 0.3) is 5.91 Å². The molecule has 1 saturated carbocycles. The van der Waals surface area contributed by atoms with E-state index < -0.39 is 5.82 Å². The molecule has 0 heterocycles. The van der Waals surface area contributed by atoms with Crippen LogP contribution in [0.2, 0.25) is 0 Å². The largest absolute Gasteiger partial charge is 0.393 e. The molecular weight excluding hydrogens is 259 g/mol. The van der Waals surface area contributed by atoms with Crippen LogP contribution in [-0.4, -0.2) is 42.2 Å². The lowest BCUT2D eigenvalue weighted by molar-refractivity contribution is 0.0265. The van der Waals surface area contributed by atoms with Crippen molar-refractivity contribution < 1.29 is 14.3 Å². The number of hydrogen-bond acceptors (Lipinski definition) is 3. The first kappa shape index (κ1) is 14.8. The van der Waals surface area contributed by atoms with E-state index >= 15 is 0 Å². The first-order valence-electron chi connectivity index (χ1n) is 6.98. The lowest BCUT2D eigenvalue weighted by Crippen LogP contribution is -2.39. The lowest BCUT2D eigenvalue weighted by atomic mass is 9.82. The zero-order valence-electron chi connectivity index (χ0n) is 11.9. The van der Waals surface area contributed by atoms with Crippen molar-refractivity contribution in [3.63, 3.8) is 0 Å². The molecule has 0 saturated heterocycles. The van der Waals surface area contributed by atoms with Crippen molar-refractivity contribution in [1.82, 2.24) is 4.90 Å². The smallest absolute Gasteiger partial charge is 0.255 e. The number of rotatable bonds is 5. The number of carbonyl (C=O) groups excluding carboxylic acids is 1. The standard InChI is InChI=1S/C15H21FN2O2/c1-3-17-14-12(5-4-6-13(14)16)15(20)18(2)9-10-7-11(19)8-10/h4-6,10-11,17,19H,3,7-9H2,1-2H3. The number of anilines is 1. The van der Waals surface area contributed by atoms with Crippen LogP contribution in [0.1, 0.15) is 30.1 Å². The number of aliphatic hydroxyl groups is 1. The molecule has 20 heavy (non-hydrogen) atoms. The number of benzene rings is 1. The Morgan fingerprint density at radius 1 is 1.50 bits per heavy atom. The normalized spacial score (nSPS) is 21.2. The van der Waals surface area contributed by atoms with Gasteiger partial charge in [0, 0.05) is 20.1 Å². The minimum atomic E-state index is -0.412. The van der Waals surface area contributed by atoms with Gasteiger partial charge < -0.3 is 15.3 Å². The highest BCUT2D eigenvalue weighted by atomic mass is 19.1. The molecule has 1 fully saturated rings. The molecule has 0 bridgehead atoms. The Bertz CT molecular complexity index is 487. The van der Waals surface area contributed by atoms with Crippen molar-refractivity contribution in [1.29, 1.82) is 0 Å². The van der Waals surface area contributed by atoms with Gasteiger partial charge in [-0.25, -0.2) is 4.39 Å². The second kappa shape index (κ2) is 6.22. The molecule has 110 valence electrons. The molecule has 0 spiro atoms. The molecule has 4 nitrogen and oxygen atoms in total. The van der Waals surface area contributed by atoms with Crippen LogP contribution in [0.5, 0.6) is 0 Å². The van der Waals surface area contributed by atoms with Crippen LogP contribution in [0.15, 0.2) is 18.2 Å². The second-order valence-corrected chi connectivity index (χ2v) is 5.37. The summed E-state index contributed by atoms with van der Waals surface area (Å²) in [6.07, 6.45) is 1.25. The fourth-order valence-electron chi connectivity index (χ4n) is 2.58. The number of carbonyl (C=O) groups is 1. The Balaban J connectivity index is 2.09. The van der Waals surface area contributed by atoms with Gasteiger partial charge in [-0.3, -0.25) is 4.79 Å². The Kier molecular flexibility index (Phi) is 4.60. The molecule has 5 heteroatoms. The minimum Gasteiger partial charge on any atom is -0.393 e. The van der Waals surface area contributed by atoms with E-state index in [2.05, 4.69) is 5.32 Å². The van der Waals surface area contributed by atoms with Gasteiger partial charge in [0.05, 0.1) is 17.4 Å². The van der Waals surface area contributed by atoms with Crippen molar-refractivity contribution in [2.75, 3.05) is 25.5 Å². The number of hydrogen-bond donors (Lipinski definition) is 2. The molecule has 1 aromatic rings. The van der Waals surface area contributed by atoms with E-state index in [0.29, 0.717) is 24.6 Å². The number of nitrogens with zero attached hydrogens (tertiary/aromatic N) is 1. The average molecular weight is 280 g/mol. The van der Waals surface area contributed by atoms with Crippen molar-refractivity contribution in [2.24, 2.45) is 5.92 Å². The highest BCUT2D eigenvalue weighted by molar-refractivity contribution is 5.99. The van der Waals surface area contributed by atoms with Crippen molar-refractivity contribution in [3.05, 3.63) is 29.6 Å². The minimum absolute atomic E-state index is 0.193. The third-order valence-corrected chi connectivity index (χ3v) is 3.69. The molecule has 2 rings (SSSR count). The van der Waals surface area contributed by atoms with Crippen LogP contribution in [0.4, 0.5) is 10.1 Å². The monoisotopic (exact) mass is 280 g/mol. The van der Waals surface area contributed by atoms with Gasteiger partial charge in [0.15, 0.2) is 0 Å². The molecule has 0 unspecified atom stereocenters. The maximum Gasteiger partial charge on any atom is 0.255 e. The Hall–Kier alpha value is -1.62. The Labute approximate surface area is 118 Å². The van der Waals surface area contributed by atoms with Gasteiger partial charge >= 0.3 is 0 Å². The summed E-state index contributed by atoms with van der Waals surface area (Å²) in [6, 6.07) is 4.52. The number of para-hydroxylation sites is 1. The number of nitrogens with one attached hydrogen (secondary N) is 1. The first-order valence-corrected chi connectivity index (χ1v) is 6.98. The van der Waals surface area contributed by atoms with Gasteiger partial charge in [-0.05, 0) is 37.8 Å². The zero-order valence-corrected chi connectivity index (χ0v) is 11.9. The highest BCUT2D eigenvalue weighted by Gasteiger charge is 2.29. The zero-order chi connectivity index (χ0) is 14.7. The fourth-order valence-corrected chi connectivity index (χ4v) is 2.58. The molecule has 0 atom stereocenters. The number of amides is 1. The second-order valence-electron chi connectivity index (χ2n) is 5.37. The Morgan fingerprint density at radius 2 is 2.20 bits per heavy atom. The van der Waals surface area contributed by atoms with Crippen LogP contribution in [-0.2, 0) is 0 Å². The molecular formula is C15H21FN2O2. The van der Waals surface area contributed by atoms with E-state index in [4.69, 9.17) is 0 Å². The van der Waals surface area contributed by atoms with Gasteiger partial charge in [0.2, 0.25) is 0 Å². The molecule has 0 aromatic heterocycles. The summed E-state index contributed by atoms with van der Waals surface area (Å²) in [5, 5.41) is 12.2. The molecule has 2 N–H and O–H groups in total. The molecule has 1 aliphatic carbocycles. The predicted octanol–water partition coefficient (Wildman–Crippen LogP) is 2.10. The van der Waals surface area contributed by atoms with Gasteiger partial charge in [-0.2, -0.15) is 0 Å². The summed E-state index contributed by atoms with van der Waals surface area (Å²) in [7, 11) is 1.72. The van der Waals surface area contributed by atoms with E-state index in [1.165, 1.54) is 6.07 Å². The van der Waals surface area contributed by atoms with Crippen molar-refractivity contribution >= 4 is 11.6 Å². The summed E-state index contributed by atoms with van der Waals surface area (Å²) in [6.45, 7) is 3.01. The van der Waals surface area contributed by atoms with E-state index in [-0.39, 0.29) is 17.7 Å². The third-order valence-electron chi connectivity index (χ3n) is 3.69. The molecule has 1 amide bonds. The maximum absolute atomic E-state index is 13.8. The van der Waals surface area contributed by atoms with Crippen molar-refractivity contribution in [3.8, 4) is 0 Å². The highest BCUT2D eigenvalue weighted by Crippen LogP contribution is 2.28. The van der Waals surface area contributed by atoms with Gasteiger partial charge in [-0.1, -0.05) is 6.07 Å². The predicted molar refractivity (Wildman–Crippen MR) is 76.3 cm³/mol. The van der Waals surface area contributed by atoms with Gasteiger partial charge in [-0.15, -0.1) is 0 Å². The quantitative estimate of drug-likeness (QED) is 0.868. The lowest BCUT2D eigenvalue weighted by Gasteiger charge is -2.34. The summed E-state index contributed by atoms with van der Waals surface area (Å²) in [4.78, 5) is 14.0. The average Bonchev–Trinajstić information content (AvgIpc) is 2.38. The van der Waals surface area contributed by atoms with E-state index in [1.807, 2.05) is 6.92 Å². The van der Waals surface area contributed by atoms with E-state index in [0.717, 1.165) is 12.8 Å². The molecule has 0 radical (unpaired) electrons. The maximum atomic E-state index is 13.8. The molecule has 1 aromatic carbocycles. The fraction of sp³-hybridized carbons (Fsp3) is 0.533. The summed E-state index contributed by atoms with van der Waals surface area (Å²) in [5.41, 5.74) is 0.620.